The summed E-state index contributed by atoms with van der Waals surface area (Å²) in [6.07, 6.45) is 9.63. The van der Waals surface area contributed by atoms with Crippen LogP contribution in [-0.2, 0) is 9.59 Å². The quantitative estimate of drug-likeness (QED) is 0.825. The van der Waals surface area contributed by atoms with Gasteiger partial charge >= 0.3 is 5.97 Å². The molecule has 0 bridgehead atoms. The second-order valence-electron chi connectivity index (χ2n) is 8.44. The van der Waals surface area contributed by atoms with Crippen LogP contribution in [0.3, 0.4) is 0 Å². The van der Waals surface area contributed by atoms with Crippen molar-refractivity contribution >= 4 is 11.9 Å². The number of nitrogens with one attached hydrogen (secondary N) is 1. The van der Waals surface area contributed by atoms with Gasteiger partial charge in [0, 0.05) is 23.6 Å². The molecule has 1 heterocycles. The summed E-state index contributed by atoms with van der Waals surface area (Å²) in [6.45, 7) is 7.52. The van der Waals surface area contributed by atoms with Gasteiger partial charge in [-0.15, -0.1) is 0 Å². The third-order valence-electron chi connectivity index (χ3n) is 7.25. The third kappa shape index (κ3) is 2.70. The van der Waals surface area contributed by atoms with Gasteiger partial charge in [0.15, 0.2) is 0 Å². The molecule has 4 atom stereocenters. The van der Waals surface area contributed by atoms with Crippen LogP contribution >= 0.6 is 0 Å². The number of aliphatic carboxylic acids is 1. The van der Waals surface area contributed by atoms with E-state index in [2.05, 4.69) is 26.1 Å². The molecule has 4 heteroatoms. The molecular formula is C20H29NO3. The van der Waals surface area contributed by atoms with E-state index in [1.807, 2.05) is 6.08 Å². The van der Waals surface area contributed by atoms with E-state index >= 15 is 0 Å². The van der Waals surface area contributed by atoms with Crippen LogP contribution in [0.5, 0.6) is 0 Å². The molecule has 0 aromatic rings. The number of carbonyl (C=O) groups excluding carboxylic acids is 1. The Hall–Kier alpha value is -1.58. The second-order valence-corrected chi connectivity index (χ2v) is 8.44. The first-order valence-electron chi connectivity index (χ1n) is 9.18. The molecule has 0 radical (unpaired) electrons. The number of rotatable bonds is 4. The number of fused-ring (bicyclic) bond motifs is 1. The number of hydrogen-bond acceptors (Lipinski definition) is 2. The Morgan fingerprint density at radius 2 is 2.12 bits per heavy atom. The molecule has 2 aliphatic carbocycles. The summed E-state index contributed by atoms with van der Waals surface area (Å²) in [7, 11) is 0. The summed E-state index contributed by atoms with van der Waals surface area (Å²) in [5.74, 6) is 0.253. The molecule has 0 aromatic carbocycles. The summed E-state index contributed by atoms with van der Waals surface area (Å²) >= 11 is 0. The number of carboxylic acid groups (broad SMARTS) is 1. The molecule has 24 heavy (non-hydrogen) atoms. The van der Waals surface area contributed by atoms with E-state index in [-0.39, 0.29) is 16.7 Å². The van der Waals surface area contributed by atoms with Crippen LogP contribution in [-0.4, -0.2) is 23.5 Å². The fourth-order valence-electron chi connectivity index (χ4n) is 5.52. The zero-order valence-corrected chi connectivity index (χ0v) is 15.0. The Kier molecular flexibility index (Phi) is 4.35. The van der Waals surface area contributed by atoms with Gasteiger partial charge in [0.1, 0.15) is 0 Å². The van der Waals surface area contributed by atoms with Crippen LogP contribution in [0.2, 0.25) is 0 Å². The first-order chi connectivity index (χ1) is 11.3. The lowest BCUT2D eigenvalue weighted by Crippen LogP contribution is -2.51. The highest BCUT2D eigenvalue weighted by Gasteiger charge is 2.55. The van der Waals surface area contributed by atoms with Gasteiger partial charge in [-0.25, -0.2) is 4.79 Å². The molecule has 0 aromatic heterocycles. The lowest BCUT2D eigenvalue weighted by molar-refractivity contribution is -0.137. The third-order valence-corrected chi connectivity index (χ3v) is 7.25. The highest BCUT2D eigenvalue weighted by atomic mass is 16.4. The summed E-state index contributed by atoms with van der Waals surface area (Å²) in [6, 6.07) is 0. The van der Waals surface area contributed by atoms with Crippen molar-refractivity contribution < 1.29 is 14.7 Å². The second kappa shape index (κ2) is 6.05. The van der Waals surface area contributed by atoms with Gasteiger partial charge in [-0.2, -0.15) is 0 Å². The van der Waals surface area contributed by atoms with Gasteiger partial charge in [-0.1, -0.05) is 26.8 Å². The van der Waals surface area contributed by atoms with Crippen LogP contribution in [0.4, 0.5) is 0 Å². The topological polar surface area (TPSA) is 66.4 Å². The maximum absolute atomic E-state index is 11.8. The monoisotopic (exact) mass is 331 g/mol. The fourth-order valence-corrected chi connectivity index (χ4v) is 5.52. The van der Waals surface area contributed by atoms with E-state index in [1.54, 1.807) is 6.08 Å². The summed E-state index contributed by atoms with van der Waals surface area (Å²) in [5.41, 5.74) is 1.72. The van der Waals surface area contributed by atoms with Crippen molar-refractivity contribution in [1.29, 1.82) is 0 Å². The number of amides is 1. The Morgan fingerprint density at radius 1 is 1.38 bits per heavy atom. The lowest BCUT2D eigenvalue weighted by Gasteiger charge is -2.57. The predicted octanol–water partition coefficient (Wildman–Crippen LogP) is 3.69. The Bertz CT molecular complexity index is 620. The molecule has 3 rings (SSSR count). The minimum absolute atomic E-state index is 0.0189. The maximum atomic E-state index is 11.8. The Balaban J connectivity index is 1.85. The van der Waals surface area contributed by atoms with Gasteiger partial charge < -0.3 is 10.4 Å². The van der Waals surface area contributed by atoms with Crippen LogP contribution in [0.15, 0.2) is 23.3 Å². The van der Waals surface area contributed by atoms with E-state index in [4.69, 9.17) is 0 Å². The Morgan fingerprint density at radius 3 is 2.75 bits per heavy atom. The van der Waals surface area contributed by atoms with Gasteiger partial charge in [-0.05, 0) is 61.3 Å². The minimum Gasteiger partial charge on any atom is -0.478 e. The van der Waals surface area contributed by atoms with Crippen LogP contribution in [0.1, 0.15) is 59.3 Å². The van der Waals surface area contributed by atoms with Crippen molar-refractivity contribution in [3.8, 4) is 0 Å². The van der Waals surface area contributed by atoms with Crippen molar-refractivity contribution in [3.05, 3.63) is 23.3 Å². The van der Waals surface area contributed by atoms with Crippen LogP contribution in [0.25, 0.3) is 0 Å². The fraction of sp³-hybridized carbons (Fsp3) is 0.700. The average Bonchev–Trinajstić information content (AvgIpc) is 2.94. The van der Waals surface area contributed by atoms with Crippen molar-refractivity contribution in [2.75, 3.05) is 6.54 Å². The average molecular weight is 331 g/mol. The van der Waals surface area contributed by atoms with Gasteiger partial charge in [0.2, 0.25) is 5.91 Å². The molecule has 132 valence electrons. The van der Waals surface area contributed by atoms with E-state index < -0.39 is 5.97 Å². The van der Waals surface area contributed by atoms with Crippen molar-refractivity contribution in [2.45, 2.75) is 59.3 Å². The summed E-state index contributed by atoms with van der Waals surface area (Å²) in [5, 5.41) is 12.5. The standard InChI is InChI=1S/C20H29NO3/c1-13-7-9-20(3)15(18(23)24)5-4-6-16(20)19(13,2)10-8-14-11-17(22)21-12-14/h5,11,13,16H,4,6-10,12H2,1-3H3,(H,21,22)(H,23,24)/t13-,16-,19+,20+/m0/s1. The van der Waals surface area contributed by atoms with E-state index in [0.717, 1.165) is 38.5 Å². The molecule has 3 aliphatic rings. The lowest BCUT2D eigenvalue weighted by atomic mass is 9.46. The zero-order chi connectivity index (χ0) is 17.5. The van der Waals surface area contributed by atoms with Gasteiger partial charge in [0.05, 0.1) is 0 Å². The molecule has 0 saturated heterocycles. The van der Waals surface area contributed by atoms with E-state index in [1.165, 1.54) is 5.57 Å². The minimum atomic E-state index is -0.743. The van der Waals surface area contributed by atoms with Crippen LogP contribution < -0.4 is 5.32 Å². The molecule has 0 spiro atoms. The summed E-state index contributed by atoms with van der Waals surface area (Å²) < 4.78 is 0. The largest absolute Gasteiger partial charge is 0.478 e. The molecule has 1 fully saturated rings. The first kappa shape index (κ1) is 17.2. The molecule has 2 N–H and O–H groups in total. The first-order valence-corrected chi connectivity index (χ1v) is 9.18. The van der Waals surface area contributed by atoms with Crippen LogP contribution in [0, 0.1) is 22.7 Å². The zero-order valence-electron chi connectivity index (χ0n) is 15.0. The van der Waals surface area contributed by atoms with Gasteiger partial charge in [0.25, 0.3) is 0 Å². The predicted molar refractivity (Wildman–Crippen MR) is 93.4 cm³/mol. The number of carboxylic acids is 1. The maximum Gasteiger partial charge on any atom is 0.331 e. The van der Waals surface area contributed by atoms with Gasteiger partial charge in [-0.3, -0.25) is 4.79 Å². The van der Waals surface area contributed by atoms with Crippen molar-refractivity contribution in [3.63, 3.8) is 0 Å². The van der Waals surface area contributed by atoms with Crippen molar-refractivity contribution in [2.24, 2.45) is 22.7 Å². The molecule has 1 saturated carbocycles. The number of hydrogen-bond donors (Lipinski definition) is 2. The van der Waals surface area contributed by atoms with Crippen molar-refractivity contribution in [1.82, 2.24) is 5.32 Å². The molecule has 1 aliphatic heterocycles. The SMILES string of the molecule is C[C@H]1CC[C@]2(C)C(C(=O)O)=CCC[C@H]2[C@]1(C)CCC1=CC(=O)NC1. The molecule has 0 unspecified atom stereocenters. The highest BCUT2D eigenvalue weighted by molar-refractivity contribution is 5.91. The number of carbonyl (C=O) groups is 2. The Labute approximate surface area is 144 Å². The molecule has 1 amide bonds. The molecule has 4 nitrogen and oxygen atoms in total. The number of allylic oxidation sites excluding steroid dienone is 1. The highest BCUT2D eigenvalue weighted by Crippen LogP contribution is 2.62. The normalized spacial score (nSPS) is 38.9. The van der Waals surface area contributed by atoms with E-state index in [9.17, 15) is 14.7 Å². The van der Waals surface area contributed by atoms with E-state index in [0.29, 0.717) is 24.0 Å². The molecular weight excluding hydrogens is 302 g/mol. The smallest absolute Gasteiger partial charge is 0.331 e. The summed E-state index contributed by atoms with van der Waals surface area (Å²) in [4.78, 5) is 23.2.